The van der Waals surface area contributed by atoms with Crippen LogP contribution in [0.2, 0.25) is 0 Å². The van der Waals surface area contributed by atoms with Crippen LogP contribution in [0.15, 0.2) is 60.2 Å². The lowest BCUT2D eigenvalue weighted by molar-refractivity contribution is -0.138. The summed E-state index contributed by atoms with van der Waals surface area (Å²) in [5.41, 5.74) is 4.02. The summed E-state index contributed by atoms with van der Waals surface area (Å²) in [6, 6.07) is 8.75. The van der Waals surface area contributed by atoms with E-state index in [4.69, 9.17) is 0 Å². The smallest absolute Gasteiger partial charge is 0.225 e. The summed E-state index contributed by atoms with van der Waals surface area (Å²) in [6.45, 7) is 14.0. The van der Waals surface area contributed by atoms with Crippen molar-refractivity contribution < 1.29 is 4.79 Å². The molecule has 0 unspecified atom stereocenters. The van der Waals surface area contributed by atoms with Gasteiger partial charge in [-0.15, -0.1) is 0 Å². The number of rotatable bonds is 8. The molecule has 2 fully saturated rings. The van der Waals surface area contributed by atoms with Gasteiger partial charge in [0.05, 0.1) is 0 Å². The predicted octanol–water partition coefficient (Wildman–Crippen LogP) is 4.82. The molecule has 1 aromatic carbocycles. The van der Waals surface area contributed by atoms with Crippen molar-refractivity contribution in [3.63, 3.8) is 0 Å². The molecule has 2 heterocycles. The number of benzene rings is 1. The molecular weight excluding hydrogens is 394 g/mol. The van der Waals surface area contributed by atoms with Gasteiger partial charge in [0.15, 0.2) is 0 Å². The van der Waals surface area contributed by atoms with Crippen LogP contribution in [0.5, 0.6) is 0 Å². The second kappa shape index (κ2) is 12.8. The summed E-state index contributed by atoms with van der Waals surface area (Å²) in [6.07, 6.45) is 13.9. The molecule has 0 atom stereocenters. The van der Waals surface area contributed by atoms with Gasteiger partial charge in [-0.1, -0.05) is 67.1 Å². The number of hydrogen-bond acceptors (Lipinski definition) is 3. The highest BCUT2D eigenvalue weighted by Crippen LogP contribution is 2.22. The fourth-order valence-corrected chi connectivity index (χ4v) is 4.75. The fraction of sp³-hybridized carbons (Fsp3) is 0.536. The van der Waals surface area contributed by atoms with Crippen LogP contribution in [0.25, 0.3) is 0 Å². The molecule has 2 saturated heterocycles. The topological polar surface area (TPSA) is 26.8 Å². The third-order valence-corrected chi connectivity index (χ3v) is 6.58. The number of piperazine rings is 1. The average molecular weight is 436 g/mol. The zero-order valence-corrected chi connectivity index (χ0v) is 20.3. The Balaban J connectivity index is 1.42. The van der Waals surface area contributed by atoms with Gasteiger partial charge in [0.1, 0.15) is 0 Å². The van der Waals surface area contributed by atoms with Crippen molar-refractivity contribution in [3.8, 4) is 0 Å². The van der Waals surface area contributed by atoms with Gasteiger partial charge in [-0.25, -0.2) is 0 Å². The molecule has 0 radical (unpaired) electrons. The minimum absolute atomic E-state index is 0.198. The first-order chi connectivity index (χ1) is 15.6. The van der Waals surface area contributed by atoms with Crippen molar-refractivity contribution in [2.75, 3.05) is 45.8 Å². The van der Waals surface area contributed by atoms with Crippen LogP contribution >= 0.6 is 0 Å². The molecule has 32 heavy (non-hydrogen) atoms. The Morgan fingerprint density at radius 2 is 1.81 bits per heavy atom. The van der Waals surface area contributed by atoms with Gasteiger partial charge in [0.25, 0.3) is 0 Å². The summed E-state index contributed by atoms with van der Waals surface area (Å²) in [4.78, 5) is 20.2. The van der Waals surface area contributed by atoms with Gasteiger partial charge >= 0.3 is 0 Å². The highest BCUT2D eigenvalue weighted by molar-refractivity contribution is 5.79. The molecule has 2 aliphatic rings. The van der Waals surface area contributed by atoms with E-state index < -0.39 is 0 Å². The standard InChI is InChI=1S/C28H41N3O/c1-4-6-7-11-25(9-5-2)22-29-15-13-27(14-16-29)28(32)31-19-17-30(18-20-31)23-26-12-8-10-24(3)21-26/h5-12,21,27H,4,13-20,22-23H2,1-3H3/b7-6+,9-5-,25-11+. The highest BCUT2D eigenvalue weighted by Gasteiger charge is 2.30. The first kappa shape index (κ1) is 24.5. The number of carbonyl (C=O) groups excluding carboxylic acids is 1. The number of carbonyl (C=O) groups is 1. The number of allylic oxidation sites excluding steroid dienone is 4. The van der Waals surface area contributed by atoms with Crippen LogP contribution in [-0.2, 0) is 11.3 Å². The van der Waals surface area contributed by atoms with Crippen molar-refractivity contribution in [1.82, 2.24) is 14.7 Å². The van der Waals surface area contributed by atoms with Crippen molar-refractivity contribution in [3.05, 3.63) is 71.3 Å². The minimum Gasteiger partial charge on any atom is -0.340 e. The van der Waals surface area contributed by atoms with E-state index in [1.54, 1.807) is 0 Å². The Morgan fingerprint density at radius 3 is 2.47 bits per heavy atom. The van der Waals surface area contributed by atoms with E-state index in [2.05, 4.69) is 90.1 Å². The first-order valence-electron chi connectivity index (χ1n) is 12.4. The Hall–Kier alpha value is -2.17. The maximum Gasteiger partial charge on any atom is 0.225 e. The Kier molecular flexibility index (Phi) is 9.76. The van der Waals surface area contributed by atoms with Crippen LogP contribution in [0, 0.1) is 12.8 Å². The molecule has 174 valence electrons. The first-order valence-corrected chi connectivity index (χ1v) is 12.4. The third-order valence-electron chi connectivity index (χ3n) is 6.58. The normalized spacial score (nSPS) is 20.0. The largest absolute Gasteiger partial charge is 0.340 e. The highest BCUT2D eigenvalue weighted by atomic mass is 16.2. The van der Waals surface area contributed by atoms with Gasteiger partial charge in [-0.05, 0) is 57.3 Å². The van der Waals surface area contributed by atoms with Crippen LogP contribution < -0.4 is 0 Å². The number of piperidine rings is 1. The molecule has 4 nitrogen and oxygen atoms in total. The van der Waals surface area contributed by atoms with E-state index >= 15 is 0 Å². The molecule has 0 spiro atoms. The van der Waals surface area contributed by atoms with Gasteiger partial charge in [0, 0.05) is 45.2 Å². The lowest BCUT2D eigenvalue weighted by Gasteiger charge is -2.38. The van der Waals surface area contributed by atoms with Gasteiger partial charge in [-0.2, -0.15) is 0 Å². The summed E-state index contributed by atoms with van der Waals surface area (Å²) in [7, 11) is 0. The summed E-state index contributed by atoms with van der Waals surface area (Å²) >= 11 is 0. The van der Waals surface area contributed by atoms with Gasteiger partial charge < -0.3 is 4.90 Å². The summed E-state index contributed by atoms with van der Waals surface area (Å²) < 4.78 is 0. The predicted molar refractivity (Wildman–Crippen MR) is 135 cm³/mol. The van der Waals surface area contributed by atoms with Gasteiger partial charge in [0.2, 0.25) is 5.91 Å². The molecule has 0 bridgehead atoms. The van der Waals surface area contributed by atoms with E-state index in [9.17, 15) is 4.79 Å². The second-order valence-corrected chi connectivity index (χ2v) is 9.22. The monoisotopic (exact) mass is 435 g/mol. The van der Waals surface area contributed by atoms with Crippen LogP contribution in [0.3, 0.4) is 0 Å². The Bertz CT molecular complexity index is 810. The molecule has 2 aliphatic heterocycles. The van der Waals surface area contributed by atoms with Crippen LogP contribution in [0.4, 0.5) is 0 Å². The van der Waals surface area contributed by atoms with Crippen LogP contribution in [0.1, 0.15) is 44.2 Å². The second-order valence-electron chi connectivity index (χ2n) is 9.22. The van der Waals surface area contributed by atoms with Crippen LogP contribution in [-0.4, -0.2) is 66.4 Å². The molecule has 0 saturated carbocycles. The van der Waals surface area contributed by atoms with E-state index in [1.165, 1.54) is 16.7 Å². The van der Waals surface area contributed by atoms with Crippen molar-refractivity contribution in [2.45, 2.75) is 46.6 Å². The molecule has 0 N–H and O–H groups in total. The van der Waals surface area contributed by atoms with Crippen molar-refractivity contribution in [1.29, 1.82) is 0 Å². The molecule has 0 aliphatic carbocycles. The van der Waals surface area contributed by atoms with Crippen molar-refractivity contribution >= 4 is 5.91 Å². The van der Waals surface area contributed by atoms with Gasteiger partial charge in [-0.3, -0.25) is 14.6 Å². The minimum atomic E-state index is 0.198. The number of aryl methyl sites for hydroxylation is 1. The maximum absolute atomic E-state index is 13.1. The van der Waals surface area contributed by atoms with E-state index in [0.29, 0.717) is 5.91 Å². The lowest BCUT2D eigenvalue weighted by Crippen LogP contribution is -2.51. The van der Waals surface area contributed by atoms with E-state index in [0.717, 1.165) is 71.6 Å². The third kappa shape index (κ3) is 7.46. The lowest BCUT2D eigenvalue weighted by atomic mass is 9.94. The number of amides is 1. The Morgan fingerprint density at radius 1 is 1.06 bits per heavy atom. The average Bonchev–Trinajstić information content (AvgIpc) is 2.80. The number of nitrogens with zero attached hydrogens (tertiary/aromatic N) is 3. The molecule has 4 heteroatoms. The van der Waals surface area contributed by atoms with E-state index in [-0.39, 0.29) is 5.92 Å². The fourth-order valence-electron chi connectivity index (χ4n) is 4.75. The molecule has 0 aromatic heterocycles. The maximum atomic E-state index is 13.1. The number of hydrogen-bond donors (Lipinski definition) is 0. The van der Waals surface area contributed by atoms with E-state index in [1.807, 2.05) is 0 Å². The number of likely N-dealkylation sites (tertiary alicyclic amines) is 1. The Labute approximate surface area is 195 Å². The SMILES string of the molecule is C\C=C/C(=C\C=C\CC)CN1CCC(C(=O)N2CCN(Cc3cccc(C)c3)CC2)CC1. The summed E-state index contributed by atoms with van der Waals surface area (Å²) in [5, 5.41) is 0. The summed E-state index contributed by atoms with van der Waals surface area (Å²) in [5.74, 6) is 0.582. The molecule has 3 rings (SSSR count). The molecule has 1 amide bonds. The molecular formula is C28H41N3O. The zero-order chi connectivity index (χ0) is 22.8. The molecule has 1 aromatic rings. The zero-order valence-electron chi connectivity index (χ0n) is 20.3. The quantitative estimate of drug-likeness (QED) is 0.548. The van der Waals surface area contributed by atoms with Crippen molar-refractivity contribution in [2.24, 2.45) is 5.92 Å².